The SMILES string of the molecule is COc1nc(OC)c2scc(C(F)F)c2n1. The summed E-state index contributed by atoms with van der Waals surface area (Å²) in [5.41, 5.74) is 0.0581. The predicted molar refractivity (Wildman–Crippen MR) is 55.5 cm³/mol. The highest BCUT2D eigenvalue weighted by Crippen LogP contribution is 2.36. The average molecular weight is 246 g/mol. The largest absolute Gasteiger partial charge is 0.480 e. The third-order valence-electron chi connectivity index (χ3n) is 2.00. The van der Waals surface area contributed by atoms with Crippen LogP contribution in [0.1, 0.15) is 12.0 Å². The standard InChI is InChI=1S/C9H8F2N2O2S/c1-14-8-6-5(12-9(13-8)15-2)4(3-16-6)7(10)11/h3,7H,1-2H3. The van der Waals surface area contributed by atoms with Gasteiger partial charge in [-0.15, -0.1) is 11.3 Å². The van der Waals surface area contributed by atoms with Gasteiger partial charge in [0.2, 0.25) is 5.88 Å². The zero-order valence-corrected chi connectivity index (χ0v) is 9.35. The van der Waals surface area contributed by atoms with Gasteiger partial charge in [0.25, 0.3) is 6.43 Å². The van der Waals surface area contributed by atoms with Crippen LogP contribution in [0.2, 0.25) is 0 Å². The third kappa shape index (κ3) is 1.67. The molecule has 0 saturated heterocycles. The monoisotopic (exact) mass is 246 g/mol. The molecule has 16 heavy (non-hydrogen) atoms. The van der Waals surface area contributed by atoms with Crippen LogP contribution in [0.4, 0.5) is 8.78 Å². The van der Waals surface area contributed by atoms with Gasteiger partial charge in [-0.25, -0.2) is 8.78 Å². The number of aromatic nitrogens is 2. The van der Waals surface area contributed by atoms with Crippen LogP contribution in [0, 0.1) is 0 Å². The van der Waals surface area contributed by atoms with Crippen molar-refractivity contribution in [3.63, 3.8) is 0 Å². The molecule has 0 fully saturated rings. The van der Waals surface area contributed by atoms with Crippen molar-refractivity contribution in [2.45, 2.75) is 6.43 Å². The summed E-state index contributed by atoms with van der Waals surface area (Å²) >= 11 is 1.13. The molecule has 2 aromatic rings. The van der Waals surface area contributed by atoms with Gasteiger partial charge in [-0.3, -0.25) is 0 Å². The Morgan fingerprint density at radius 3 is 2.56 bits per heavy atom. The fourth-order valence-electron chi connectivity index (χ4n) is 1.27. The van der Waals surface area contributed by atoms with Gasteiger partial charge < -0.3 is 9.47 Å². The van der Waals surface area contributed by atoms with Crippen LogP contribution in [0.25, 0.3) is 10.2 Å². The minimum absolute atomic E-state index is 0.0182. The summed E-state index contributed by atoms with van der Waals surface area (Å²) in [5.74, 6) is 0.249. The number of alkyl halides is 2. The van der Waals surface area contributed by atoms with Crippen molar-refractivity contribution in [2.75, 3.05) is 14.2 Å². The molecule has 0 amide bonds. The van der Waals surface area contributed by atoms with E-state index in [-0.39, 0.29) is 23.0 Å². The number of methoxy groups -OCH3 is 2. The Morgan fingerprint density at radius 2 is 2.00 bits per heavy atom. The highest BCUT2D eigenvalue weighted by Gasteiger charge is 2.19. The second kappa shape index (κ2) is 4.17. The molecule has 0 N–H and O–H groups in total. The van der Waals surface area contributed by atoms with E-state index in [0.717, 1.165) is 11.3 Å². The molecular formula is C9H8F2N2O2S. The number of hydrogen-bond donors (Lipinski definition) is 0. The van der Waals surface area contributed by atoms with Crippen molar-refractivity contribution in [3.8, 4) is 11.9 Å². The first-order valence-corrected chi connectivity index (χ1v) is 5.20. The highest BCUT2D eigenvalue weighted by molar-refractivity contribution is 7.17. The summed E-state index contributed by atoms with van der Waals surface area (Å²) in [6.45, 7) is 0. The second-order valence-corrected chi connectivity index (χ2v) is 3.77. The molecule has 2 heterocycles. The van der Waals surface area contributed by atoms with Crippen molar-refractivity contribution in [2.24, 2.45) is 0 Å². The number of rotatable bonds is 3. The quantitative estimate of drug-likeness (QED) is 0.835. The molecule has 0 spiro atoms. The molecule has 0 atom stereocenters. The lowest BCUT2D eigenvalue weighted by atomic mass is 10.3. The maximum absolute atomic E-state index is 12.7. The zero-order chi connectivity index (χ0) is 11.7. The Morgan fingerprint density at radius 1 is 1.25 bits per heavy atom. The van der Waals surface area contributed by atoms with E-state index in [4.69, 9.17) is 9.47 Å². The first-order chi connectivity index (χ1) is 7.67. The molecule has 0 aliphatic carbocycles. The minimum atomic E-state index is -2.57. The van der Waals surface area contributed by atoms with Gasteiger partial charge in [-0.1, -0.05) is 0 Å². The van der Waals surface area contributed by atoms with E-state index in [1.807, 2.05) is 0 Å². The van der Waals surface area contributed by atoms with E-state index < -0.39 is 6.43 Å². The Balaban J connectivity index is 2.71. The Hall–Kier alpha value is -1.50. The van der Waals surface area contributed by atoms with Gasteiger partial charge >= 0.3 is 6.01 Å². The van der Waals surface area contributed by atoms with E-state index in [1.54, 1.807) is 0 Å². The molecule has 86 valence electrons. The van der Waals surface area contributed by atoms with Gasteiger partial charge in [0.05, 0.1) is 19.8 Å². The smallest absolute Gasteiger partial charge is 0.320 e. The van der Waals surface area contributed by atoms with Crippen molar-refractivity contribution in [1.29, 1.82) is 0 Å². The number of thiophene rings is 1. The number of halogens is 2. The summed E-state index contributed by atoms with van der Waals surface area (Å²) in [4.78, 5) is 7.82. The zero-order valence-electron chi connectivity index (χ0n) is 8.53. The molecule has 0 aromatic carbocycles. The van der Waals surface area contributed by atoms with Gasteiger partial charge in [0, 0.05) is 5.38 Å². The molecule has 2 aromatic heterocycles. The second-order valence-electron chi connectivity index (χ2n) is 2.89. The van der Waals surface area contributed by atoms with Crippen LogP contribution in [0.5, 0.6) is 11.9 Å². The van der Waals surface area contributed by atoms with E-state index in [1.165, 1.54) is 19.6 Å². The lowest BCUT2D eigenvalue weighted by Gasteiger charge is -2.03. The summed E-state index contributed by atoms with van der Waals surface area (Å²) in [7, 11) is 2.79. The van der Waals surface area contributed by atoms with Gasteiger partial charge in [-0.2, -0.15) is 9.97 Å². The normalized spacial score (nSPS) is 11.1. The summed E-state index contributed by atoms with van der Waals surface area (Å²) in [6, 6.07) is 0.0182. The maximum Gasteiger partial charge on any atom is 0.320 e. The van der Waals surface area contributed by atoms with Crippen LogP contribution < -0.4 is 9.47 Å². The molecule has 0 aliphatic heterocycles. The first-order valence-electron chi connectivity index (χ1n) is 4.32. The summed E-state index contributed by atoms with van der Waals surface area (Å²) < 4.78 is 35.7. The van der Waals surface area contributed by atoms with Crippen molar-refractivity contribution in [1.82, 2.24) is 9.97 Å². The Kier molecular flexibility index (Phi) is 2.86. The van der Waals surface area contributed by atoms with Crippen molar-refractivity contribution < 1.29 is 18.3 Å². The molecule has 0 unspecified atom stereocenters. The lowest BCUT2D eigenvalue weighted by molar-refractivity contribution is 0.153. The van der Waals surface area contributed by atoms with E-state index in [9.17, 15) is 8.78 Å². The fourth-order valence-corrected chi connectivity index (χ4v) is 2.24. The first kappa shape index (κ1) is 11.0. The van der Waals surface area contributed by atoms with Crippen LogP contribution in [-0.4, -0.2) is 24.2 Å². The maximum atomic E-state index is 12.7. The average Bonchev–Trinajstić information content (AvgIpc) is 2.71. The van der Waals surface area contributed by atoms with E-state index in [2.05, 4.69) is 9.97 Å². The number of fused-ring (bicyclic) bond motifs is 1. The number of nitrogens with zero attached hydrogens (tertiary/aromatic N) is 2. The lowest BCUT2D eigenvalue weighted by Crippen LogP contribution is -1.96. The summed E-state index contributed by atoms with van der Waals surface area (Å²) in [6.07, 6.45) is -2.57. The highest BCUT2D eigenvalue weighted by atomic mass is 32.1. The number of hydrogen-bond acceptors (Lipinski definition) is 5. The number of ether oxygens (including phenoxy) is 2. The predicted octanol–water partition coefficient (Wildman–Crippen LogP) is 2.65. The molecule has 0 saturated carbocycles. The summed E-state index contributed by atoms with van der Waals surface area (Å²) in [5, 5.41) is 1.35. The van der Waals surface area contributed by atoms with Crippen LogP contribution in [0.3, 0.4) is 0 Å². The van der Waals surface area contributed by atoms with Gasteiger partial charge in [0.1, 0.15) is 10.2 Å². The van der Waals surface area contributed by atoms with Crippen LogP contribution >= 0.6 is 11.3 Å². The molecule has 0 bridgehead atoms. The third-order valence-corrected chi connectivity index (χ3v) is 2.98. The molecular weight excluding hydrogens is 238 g/mol. The molecule has 4 nitrogen and oxygen atoms in total. The van der Waals surface area contributed by atoms with Crippen LogP contribution in [-0.2, 0) is 0 Å². The Bertz CT molecular complexity index is 515. The minimum Gasteiger partial charge on any atom is -0.480 e. The molecule has 2 rings (SSSR count). The van der Waals surface area contributed by atoms with E-state index >= 15 is 0 Å². The van der Waals surface area contributed by atoms with Gasteiger partial charge in [0.15, 0.2) is 0 Å². The fraction of sp³-hybridized carbons (Fsp3) is 0.333. The molecule has 0 radical (unpaired) electrons. The van der Waals surface area contributed by atoms with Crippen LogP contribution in [0.15, 0.2) is 5.38 Å². The van der Waals surface area contributed by atoms with Crippen molar-refractivity contribution in [3.05, 3.63) is 10.9 Å². The van der Waals surface area contributed by atoms with Crippen molar-refractivity contribution >= 4 is 21.6 Å². The Labute approximate surface area is 93.8 Å². The van der Waals surface area contributed by atoms with E-state index in [0.29, 0.717) is 4.70 Å². The topological polar surface area (TPSA) is 44.2 Å². The molecule has 0 aliphatic rings. The molecule has 7 heteroatoms. The van der Waals surface area contributed by atoms with Gasteiger partial charge in [-0.05, 0) is 0 Å².